The molecule has 1 aliphatic rings. The second-order valence-electron chi connectivity index (χ2n) is 3.81. The van der Waals surface area contributed by atoms with E-state index >= 15 is 0 Å². The Kier molecular flexibility index (Phi) is 3.78. The number of fused-ring (bicyclic) bond motifs is 1. The van der Waals surface area contributed by atoms with Crippen LogP contribution in [0.1, 0.15) is 13.3 Å². The molecule has 0 aliphatic carbocycles. The number of carbonyl (C=O) groups excluding carboxylic acids is 1. The van der Waals surface area contributed by atoms with Gasteiger partial charge in [-0.1, -0.05) is 0 Å². The van der Waals surface area contributed by atoms with Gasteiger partial charge in [0.15, 0.2) is 11.5 Å². The maximum atomic E-state index is 11.9. The lowest BCUT2D eigenvalue weighted by molar-refractivity contribution is -0.116. The van der Waals surface area contributed by atoms with Crippen molar-refractivity contribution in [2.45, 2.75) is 18.2 Å². The number of carbonyl (C=O) groups is 1. The maximum Gasteiger partial charge on any atom is 0.162 e. The topological polar surface area (TPSA) is 52.6 Å². The van der Waals surface area contributed by atoms with Crippen molar-refractivity contribution in [3.63, 3.8) is 0 Å². The zero-order valence-corrected chi connectivity index (χ0v) is 10.4. The smallest absolute Gasteiger partial charge is 0.162 e. The predicted octanol–water partition coefficient (Wildman–Crippen LogP) is 1.54. The van der Waals surface area contributed by atoms with Gasteiger partial charge in [0.05, 0.1) is 10.8 Å². The lowest BCUT2D eigenvalue weighted by Gasteiger charge is -2.18. The molecule has 1 heterocycles. The van der Waals surface area contributed by atoms with Crippen molar-refractivity contribution in [1.29, 1.82) is 0 Å². The molecule has 1 aromatic rings. The van der Waals surface area contributed by atoms with Crippen LogP contribution in [0.5, 0.6) is 11.5 Å². The highest BCUT2D eigenvalue weighted by Crippen LogP contribution is 2.31. The summed E-state index contributed by atoms with van der Waals surface area (Å²) in [5, 5.41) is 0. The summed E-state index contributed by atoms with van der Waals surface area (Å²) < 4.78 is 22.7. The number of hydrogen-bond donors (Lipinski definition) is 0. The molecule has 0 saturated carbocycles. The van der Waals surface area contributed by atoms with Crippen molar-refractivity contribution < 1.29 is 18.5 Å². The van der Waals surface area contributed by atoms with Crippen LogP contribution in [0.2, 0.25) is 0 Å². The molecular formula is C12H14O4S. The van der Waals surface area contributed by atoms with E-state index in [1.54, 1.807) is 18.2 Å². The summed E-state index contributed by atoms with van der Waals surface area (Å²) in [5.74, 6) is 1.72. The van der Waals surface area contributed by atoms with E-state index in [0.29, 0.717) is 41.8 Å². The third-order valence-electron chi connectivity index (χ3n) is 2.42. The van der Waals surface area contributed by atoms with Gasteiger partial charge in [0.1, 0.15) is 19.0 Å². The van der Waals surface area contributed by atoms with E-state index in [1.807, 2.05) is 0 Å². The third-order valence-corrected chi connectivity index (χ3v) is 3.77. The van der Waals surface area contributed by atoms with E-state index in [9.17, 15) is 9.00 Å². The van der Waals surface area contributed by atoms with Crippen molar-refractivity contribution in [2.24, 2.45) is 0 Å². The van der Waals surface area contributed by atoms with E-state index in [1.165, 1.54) is 6.92 Å². The van der Waals surface area contributed by atoms with Crippen LogP contribution in [-0.2, 0) is 15.6 Å². The second kappa shape index (κ2) is 5.31. The summed E-state index contributed by atoms with van der Waals surface area (Å²) in [6.45, 7) is 2.55. The maximum absolute atomic E-state index is 11.9. The van der Waals surface area contributed by atoms with E-state index in [0.717, 1.165) is 0 Å². The van der Waals surface area contributed by atoms with Crippen molar-refractivity contribution >= 4 is 16.6 Å². The first kappa shape index (κ1) is 12.1. The van der Waals surface area contributed by atoms with Crippen LogP contribution >= 0.6 is 0 Å². The predicted molar refractivity (Wildman–Crippen MR) is 64.0 cm³/mol. The highest BCUT2D eigenvalue weighted by molar-refractivity contribution is 7.85. The normalized spacial score (nSPS) is 15.4. The summed E-state index contributed by atoms with van der Waals surface area (Å²) in [6, 6.07) is 5.24. The number of Topliss-reactive ketones (excluding diaryl/α,β-unsaturated/α-hetero) is 1. The van der Waals surface area contributed by atoms with Crippen molar-refractivity contribution in [2.75, 3.05) is 19.0 Å². The average molecular weight is 254 g/mol. The van der Waals surface area contributed by atoms with Crippen molar-refractivity contribution in [3.05, 3.63) is 18.2 Å². The first-order valence-corrected chi connectivity index (χ1v) is 6.76. The first-order valence-electron chi connectivity index (χ1n) is 5.44. The Bertz CT molecular complexity index is 456. The van der Waals surface area contributed by atoms with Gasteiger partial charge >= 0.3 is 0 Å². The molecule has 17 heavy (non-hydrogen) atoms. The average Bonchev–Trinajstić information content (AvgIpc) is 2.35. The van der Waals surface area contributed by atoms with Crippen LogP contribution in [0.4, 0.5) is 0 Å². The molecule has 0 fully saturated rings. The third kappa shape index (κ3) is 3.06. The highest BCUT2D eigenvalue weighted by Gasteiger charge is 2.14. The van der Waals surface area contributed by atoms with Crippen molar-refractivity contribution in [3.8, 4) is 11.5 Å². The fraction of sp³-hybridized carbons (Fsp3) is 0.417. The molecular weight excluding hydrogens is 240 g/mol. The fourth-order valence-corrected chi connectivity index (χ4v) is 2.69. The summed E-state index contributed by atoms with van der Waals surface area (Å²) >= 11 is 0. The molecule has 2 rings (SSSR count). The molecule has 0 radical (unpaired) electrons. The number of ether oxygens (including phenoxy) is 2. The molecule has 0 bridgehead atoms. The van der Waals surface area contributed by atoms with E-state index in [-0.39, 0.29) is 5.78 Å². The van der Waals surface area contributed by atoms with Gasteiger partial charge in [-0.25, -0.2) is 0 Å². The number of rotatable bonds is 4. The van der Waals surface area contributed by atoms with Gasteiger partial charge in [-0.15, -0.1) is 0 Å². The van der Waals surface area contributed by atoms with Crippen LogP contribution in [0.15, 0.2) is 23.1 Å². The summed E-state index contributed by atoms with van der Waals surface area (Å²) in [4.78, 5) is 11.5. The quantitative estimate of drug-likeness (QED) is 0.818. The van der Waals surface area contributed by atoms with E-state index < -0.39 is 10.8 Å². The Labute approximate surface area is 102 Å². The van der Waals surface area contributed by atoms with Gasteiger partial charge in [-0.3, -0.25) is 9.00 Å². The van der Waals surface area contributed by atoms with Gasteiger partial charge in [0, 0.05) is 23.1 Å². The van der Waals surface area contributed by atoms with Crippen LogP contribution in [0.3, 0.4) is 0 Å². The van der Waals surface area contributed by atoms with Gasteiger partial charge < -0.3 is 9.47 Å². The number of benzene rings is 1. The second-order valence-corrected chi connectivity index (χ2v) is 5.38. The minimum Gasteiger partial charge on any atom is -0.486 e. The van der Waals surface area contributed by atoms with Crippen LogP contribution < -0.4 is 9.47 Å². The molecule has 1 aliphatic heterocycles. The van der Waals surface area contributed by atoms with E-state index in [4.69, 9.17) is 9.47 Å². The van der Waals surface area contributed by atoms with Crippen LogP contribution in [-0.4, -0.2) is 29.0 Å². The molecule has 0 saturated heterocycles. The molecule has 1 aromatic carbocycles. The highest BCUT2D eigenvalue weighted by atomic mass is 32.2. The Hall–Kier alpha value is -1.36. The van der Waals surface area contributed by atoms with Gasteiger partial charge in [0.2, 0.25) is 0 Å². The van der Waals surface area contributed by atoms with Gasteiger partial charge in [0.25, 0.3) is 0 Å². The Morgan fingerprint density at radius 1 is 1.29 bits per heavy atom. The lowest BCUT2D eigenvalue weighted by atomic mass is 10.3. The molecule has 0 aromatic heterocycles. The zero-order valence-electron chi connectivity index (χ0n) is 9.60. The Morgan fingerprint density at radius 3 is 2.71 bits per heavy atom. The molecule has 5 heteroatoms. The standard InChI is InChI=1S/C12H14O4S/c1-9(13)4-7-17(14)10-2-3-11-12(8-10)16-6-5-15-11/h2-3,8H,4-7H2,1H3. The SMILES string of the molecule is CC(=O)CCS(=O)c1ccc2c(c1)OCCO2. The van der Waals surface area contributed by atoms with E-state index in [2.05, 4.69) is 0 Å². The number of hydrogen-bond acceptors (Lipinski definition) is 4. The zero-order chi connectivity index (χ0) is 12.3. The van der Waals surface area contributed by atoms with Gasteiger partial charge in [-0.05, 0) is 19.1 Å². The van der Waals surface area contributed by atoms with Crippen LogP contribution in [0, 0.1) is 0 Å². The molecule has 4 nitrogen and oxygen atoms in total. The summed E-state index contributed by atoms with van der Waals surface area (Å²) in [7, 11) is -1.16. The monoisotopic (exact) mass is 254 g/mol. The molecule has 0 amide bonds. The first-order chi connectivity index (χ1) is 8.16. The molecule has 1 unspecified atom stereocenters. The van der Waals surface area contributed by atoms with Gasteiger partial charge in [-0.2, -0.15) is 0 Å². The Morgan fingerprint density at radius 2 is 2.00 bits per heavy atom. The summed E-state index contributed by atoms with van der Waals surface area (Å²) in [6.07, 6.45) is 0.334. The molecule has 92 valence electrons. The number of ketones is 1. The molecule has 1 atom stereocenters. The largest absolute Gasteiger partial charge is 0.486 e. The fourth-order valence-electron chi connectivity index (χ4n) is 1.52. The molecule has 0 N–H and O–H groups in total. The summed E-state index contributed by atoms with van der Waals surface area (Å²) in [5.41, 5.74) is 0. The van der Waals surface area contributed by atoms with Crippen LogP contribution in [0.25, 0.3) is 0 Å². The Balaban J connectivity index is 2.11. The minimum absolute atomic E-state index is 0.0518. The lowest BCUT2D eigenvalue weighted by Crippen LogP contribution is -2.15. The van der Waals surface area contributed by atoms with Crippen molar-refractivity contribution in [1.82, 2.24) is 0 Å². The molecule has 0 spiro atoms. The minimum atomic E-state index is -1.16.